The second-order valence-electron chi connectivity index (χ2n) is 6.55. The zero-order valence-corrected chi connectivity index (χ0v) is 16.5. The first-order valence-electron chi connectivity index (χ1n) is 8.81. The molecule has 1 aromatic carbocycles. The maximum atomic E-state index is 14.7. The van der Waals surface area contributed by atoms with E-state index < -0.39 is 34.9 Å². The van der Waals surface area contributed by atoms with Crippen LogP contribution in [0.1, 0.15) is 6.92 Å². The molecule has 1 aromatic rings. The average Bonchev–Trinajstić information content (AvgIpc) is 3.05. The monoisotopic (exact) mass is 447 g/mol. The van der Waals surface area contributed by atoms with Gasteiger partial charge in [0.2, 0.25) is 5.91 Å². The standard InChI is InChI=1S/C18H17F4N3O4S/c1-10(26)23-7-12-8-25(17(28)29-12)11-2-3-14(13(19)6-11)24-4-5-30-15(9-24)16(27)18(20,21)22/h2-3,6,9,12H,4-5,7-8H2,1H3,(H,23,26)/t12-/m0/s1. The van der Waals surface area contributed by atoms with Gasteiger partial charge in [0.05, 0.1) is 29.4 Å². The van der Waals surface area contributed by atoms with Crippen molar-refractivity contribution >= 4 is 40.9 Å². The molecule has 2 aliphatic rings. The number of allylic oxidation sites excluding steroid dienone is 1. The number of thioether (sulfide) groups is 1. The van der Waals surface area contributed by atoms with E-state index in [1.165, 1.54) is 28.9 Å². The first-order chi connectivity index (χ1) is 14.1. The fraction of sp³-hybridized carbons (Fsp3) is 0.389. The molecule has 7 nitrogen and oxygen atoms in total. The van der Waals surface area contributed by atoms with Crippen molar-refractivity contribution in [2.24, 2.45) is 0 Å². The zero-order chi connectivity index (χ0) is 22.1. The molecule has 0 aromatic heterocycles. The van der Waals surface area contributed by atoms with E-state index in [1.54, 1.807) is 0 Å². The molecule has 0 spiro atoms. The molecule has 1 atom stereocenters. The van der Waals surface area contributed by atoms with Gasteiger partial charge in [0, 0.05) is 25.4 Å². The van der Waals surface area contributed by atoms with E-state index in [0.29, 0.717) is 0 Å². The number of rotatable bonds is 5. The van der Waals surface area contributed by atoms with Crippen LogP contribution in [-0.2, 0) is 14.3 Å². The van der Waals surface area contributed by atoms with Gasteiger partial charge in [-0.15, -0.1) is 11.8 Å². The summed E-state index contributed by atoms with van der Waals surface area (Å²) in [4.78, 5) is 36.4. The van der Waals surface area contributed by atoms with Gasteiger partial charge in [-0.3, -0.25) is 14.5 Å². The molecule has 0 radical (unpaired) electrons. The number of ketones is 1. The summed E-state index contributed by atoms with van der Waals surface area (Å²) in [6.45, 7) is 1.75. The summed E-state index contributed by atoms with van der Waals surface area (Å²) in [6.07, 6.45) is -5.32. The molecule has 0 bridgehead atoms. The van der Waals surface area contributed by atoms with E-state index in [2.05, 4.69) is 5.32 Å². The highest BCUT2D eigenvalue weighted by Gasteiger charge is 2.42. The highest BCUT2D eigenvalue weighted by Crippen LogP contribution is 2.34. The van der Waals surface area contributed by atoms with Crippen LogP contribution in [0.25, 0.3) is 0 Å². The number of halogens is 4. The molecule has 1 fully saturated rings. The lowest BCUT2D eigenvalue weighted by Gasteiger charge is -2.27. The Labute approximate surface area is 173 Å². The van der Waals surface area contributed by atoms with E-state index in [0.717, 1.165) is 24.0 Å². The van der Waals surface area contributed by atoms with E-state index in [9.17, 15) is 31.9 Å². The molecule has 0 unspecified atom stereocenters. The Kier molecular flexibility index (Phi) is 6.25. The summed E-state index contributed by atoms with van der Waals surface area (Å²) in [7, 11) is 0. The minimum atomic E-state index is -5.01. The molecule has 162 valence electrons. The second-order valence-corrected chi connectivity index (χ2v) is 7.69. The zero-order valence-electron chi connectivity index (χ0n) is 15.7. The summed E-state index contributed by atoms with van der Waals surface area (Å²) in [6, 6.07) is 3.82. The Balaban J connectivity index is 1.76. The molecule has 2 aliphatic heterocycles. The molecule has 30 heavy (non-hydrogen) atoms. The van der Waals surface area contributed by atoms with Crippen LogP contribution in [-0.4, -0.2) is 55.5 Å². The van der Waals surface area contributed by atoms with Crippen LogP contribution in [0.5, 0.6) is 0 Å². The molecular formula is C18H17F4N3O4S. The Morgan fingerprint density at radius 1 is 1.33 bits per heavy atom. The first-order valence-corrected chi connectivity index (χ1v) is 9.79. The summed E-state index contributed by atoms with van der Waals surface area (Å²) in [5, 5.41) is 2.53. The number of cyclic esters (lactones) is 1. The quantitative estimate of drug-likeness (QED) is 0.700. The lowest BCUT2D eigenvalue weighted by molar-refractivity contribution is -0.165. The Hall–Kier alpha value is -2.76. The van der Waals surface area contributed by atoms with Crippen LogP contribution in [0, 0.1) is 5.82 Å². The van der Waals surface area contributed by atoms with Gasteiger partial charge in [-0.25, -0.2) is 9.18 Å². The lowest BCUT2D eigenvalue weighted by atomic mass is 10.2. The molecule has 0 aliphatic carbocycles. The number of amides is 2. The number of carbonyl (C=O) groups excluding carboxylic acids is 3. The minimum Gasteiger partial charge on any atom is -0.442 e. The third-order valence-electron chi connectivity index (χ3n) is 4.35. The van der Waals surface area contributed by atoms with Crippen LogP contribution in [0.3, 0.4) is 0 Å². The van der Waals surface area contributed by atoms with Gasteiger partial charge in [-0.05, 0) is 18.2 Å². The van der Waals surface area contributed by atoms with Gasteiger partial charge in [0.25, 0.3) is 5.78 Å². The third-order valence-corrected chi connectivity index (χ3v) is 5.34. The predicted octanol–water partition coefficient (Wildman–Crippen LogP) is 2.81. The highest BCUT2D eigenvalue weighted by molar-refractivity contribution is 8.04. The Bertz CT molecular complexity index is 906. The Morgan fingerprint density at radius 2 is 2.07 bits per heavy atom. The smallest absolute Gasteiger partial charge is 0.442 e. The number of Topliss-reactive ketones (excluding diaryl/α,β-unsaturated/α-hetero) is 1. The molecule has 2 amide bonds. The number of hydrogen-bond donors (Lipinski definition) is 1. The predicted molar refractivity (Wildman–Crippen MR) is 102 cm³/mol. The maximum Gasteiger partial charge on any atom is 0.455 e. The third kappa shape index (κ3) is 4.86. The molecule has 0 saturated carbocycles. The normalized spacial score (nSPS) is 19.4. The van der Waals surface area contributed by atoms with Crippen LogP contribution >= 0.6 is 11.8 Å². The largest absolute Gasteiger partial charge is 0.455 e. The van der Waals surface area contributed by atoms with E-state index >= 15 is 0 Å². The van der Waals surface area contributed by atoms with Crippen molar-refractivity contribution in [1.82, 2.24) is 5.32 Å². The maximum absolute atomic E-state index is 14.7. The van der Waals surface area contributed by atoms with Crippen molar-refractivity contribution in [2.45, 2.75) is 19.2 Å². The summed E-state index contributed by atoms with van der Waals surface area (Å²) >= 11 is 0.761. The van der Waals surface area contributed by atoms with Crippen LogP contribution in [0.2, 0.25) is 0 Å². The van der Waals surface area contributed by atoms with Crippen LogP contribution in [0.15, 0.2) is 29.3 Å². The fourth-order valence-corrected chi connectivity index (χ4v) is 3.90. The van der Waals surface area contributed by atoms with Crippen molar-refractivity contribution in [2.75, 3.05) is 35.2 Å². The molecule has 2 heterocycles. The highest BCUT2D eigenvalue weighted by atomic mass is 32.2. The van der Waals surface area contributed by atoms with Crippen LogP contribution in [0.4, 0.5) is 33.7 Å². The van der Waals surface area contributed by atoms with Crippen molar-refractivity contribution in [3.8, 4) is 0 Å². The number of hydrogen-bond acceptors (Lipinski definition) is 6. The van der Waals surface area contributed by atoms with E-state index in [1.807, 2.05) is 0 Å². The van der Waals surface area contributed by atoms with E-state index in [4.69, 9.17) is 4.74 Å². The number of alkyl halides is 3. The van der Waals surface area contributed by atoms with Gasteiger partial charge in [-0.2, -0.15) is 13.2 Å². The minimum absolute atomic E-state index is 0.0196. The second kappa shape index (κ2) is 8.54. The topological polar surface area (TPSA) is 79.0 Å². The number of ether oxygens (including phenoxy) is 1. The fourth-order valence-electron chi connectivity index (χ4n) is 2.94. The Morgan fingerprint density at radius 3 is 2.70 bits per heavy atom. The summed E-state index contributed by atoms with van der Waals surface area (Å²) < 4.78 is 57.8. The van der Waals surface area contributed by atoms with Gasteiger partial charge >= 0.3 is 12.3 Å². The number of nitrogens with one attached hydrogen (secondary N) is 1. The number of benzene rings is 1. The molecular weight excluding hydrogens is 430 g/mol. The van der Waals surface area contributed by atoms with Crippen molar-refractivity contribution in [3.63, 3.8) is 0 Å². The van der Waals surface area contributed by atoms with Crippen LogP contribution < -0.4 is 15.1 Å². The summed E-state index contributed by atoms with van der Waals surface area (Å²) in [5.41, 5.74) is 0.183. The molecule has 1 N–H and O–H groups in total. The van der Waals surface area contributed by atoms with Gasteiger partial charge in [0.15, 0.2) is 0 Å². The van der Waals surface area contributed by atoms with Gasteiger partial charge < -0.3 is 15.0 Å². The van der Waals surface area contributed by atoms with Gasteiger partial charge in [-0.1, -0.05) is 0 Å². The number of nitrogens with zero attached hydrogens (tertiary/aromatic N) is 2. The summed E-state index contributed by atoms with van der Waals surface area (Å²) in [5.74, 6) is -2.85. The number of anilines is 2. The van der Waals surface area contributed by atoms with Crippen molar-refractivity contribution in [3.05, 3.63) is 35.1 Å². The van der Waals surface area contributed by atoms with Crippen molar-refractivity contribution < 1.29 is 36.7 Å². The molecule has 12 heteroatoms. The number of carbonyl (C=O) groups is 3. The molecule has 1 saturated heterocycles. The van der Waals surface area contributed by atoms with Gasteiger partial charge in [0.1, 0.15) is 11.9 Å². The molecule has 3 rings (SSSR count). The SMILES string of the molecule is CC(=O)NC[C@H]1CN(c2ccc(N3C=C(C(=O)C(F)(F)F)SCC3)c(F)c2)C(=O)O1. The van der Waals surface area contributed by atoms with E-state index in [-0.39, 0.29) is 42.7 Å². The van der Waals surface area contributed by atoms with Crippen molar-refractivity contribution in [1.29, 1.82) is 0 Å². The lowest BCUT2D eigenvalue weighted by Crippen LogP contribution is -2.33. The first kappa shape index (κ1) is 21.9. The average molecular weight is 447 g/mol.